The summed E-state index contributed by atoms with van der Waals surface area (Å²) in [6.45, 7) is 47.7. The van der Waals surface area contributed by atoms with Crippen LogP contribution in [0.3, 0.4) is 0 Å². The molecule has 2 heterocycles. The number of rotatable bonds is 6. The van der Waals surface area contributed by atoms with Crippen molar-refractivity contribution < 1.29 is 111 Å². The number of para-hydroxylation sites is 1. The molecule has 0 bridgehead atoms. The van der Waals surface area contributed by atoms with Crippen molar-refractivity contribution >= 4 is 22.0 Å². The average molecular weight is 1230 g/mol. The summed E-state index contributed by atoms with van der Waals surface area (Å²) in [6.07, 6.45) is 16.9. The molecule has 0 spiro atoms. The van der Waals surface area contributed by atoms with Gasteiger partial charge in [-0.1, -0.05) is 32.0 Å². The van der Waals surface area contributed by atoms with Crippen LogP contribution in [0.25, 0.3) is 33.2 Å². The maximum atomic E-state index is 5.75. The number of nitrogens with two attached hydrogens (primary N) is 1. The number of nitrogens with zero attached hydrogens (tertiary/aromatic N) is 2. The molecule has 0 fully saturated rings. The number of aromatic nitrogens is 2. The molecule has 0 aliphatic heterocycles. The number of hydrogen-bond acceptors (Lipinski definition) is 1. The van der Waals surface area contributed by atoms with Gasteiger partial charge in [-0.2, -0.15) is 66.7 Å². The fraction of sp³-hybridized carbons (Fsp3) is 0.224. The predicted molar refractivity (Wildman–Crippen MR) is 303 cm³/mol. The van der Waals surface area contributed by atoms with E-state index in [1.807, 2.05) is 167 Å². The van der Waals surface area contributed by atoms with Crippen molar-refractivity contribution in [3.63, 3.8) is 0 Å². The van der Waals surface area contributed by atoms with E-state index in [0.717, 1.165) is 55.8 Å². The summed E-state index contributed by atoms with van der Waals surface area (Å²) in [5.74, 6) is 5.75. The number of allylic oxidation sites excluding steroid dienone is 12. The van der Waals surface area contributed by atoms with Crippen molar-refractivity contribution in [3.05, 3.63) is 277 Å². The Morgan fingerprint density at radius 1 is 0.513 bits per heavy atom. The summed E-state index contributed by atoms with van der Waals surface area (Å²) in [5, 5.41) is 1.20. The third kappa shape index (κ3) is 37.8. The Labute approximate surface area is 534 Å². The minimum Gasteiger partial charge on any atom is -0.394 e. The van der Waals surface area contributed by atoms with E-state index in [-0.39, 0.29) is 111 Å². The Hall–Kier alpha value is -3.85. The molecule has 6 radical (unpaired) electrons. The molecule has 7 aromatic rings. The molecule has 76 heavy (non-hydrogen) atoms. The van der Waals surface area contributed by atoms with Gasteiger partial charge in [0.15, 0.2) is 0 Å². The van der Waals surface area contributed by atoms with Gasteiger partial charge in [-0.25, -0.2) is 35.4 Å². The fourth-order valence-electron chi connectivity index (χ4n) is 4.94. The zero-order valence-corrected chi connectivity index (χ0v) is 55.7. The van der Waals surface area contributed by atoms with E-state index in [2.05, 4.69) is 110 Å². The summed E-state index contributed by atoms with van der Waals surface area (Å²) < 4.78 is 3.79. The molecule has 9 heteroatoms. The summed E-state index contributed by atoms with van der Waals surface area (Å²) >= 11 is 0. The summed E-state index contributed by atoms with van der Waals surface area (Å²) in [4.78, 5) is 0. The number of fused-ring (bicyclic) bond motifs is 1. The molecule has 388 valence electrons. The van der Waals surface area contributed by atoms with E-state index in [1.54, 1.807) is 18.5 Å². The first kappa shape index (κ1) is 86.0. The van der Waals surface area contributed by atoms with Crippen molar-refractivity contribution in [2.75, 3.05) is 5.84 Å². The first-order valence-corrected chi connectivity index (χ1v) is 23.0. The second-order valence-electron chi connectivity index (χ2n) is 15.8. The van der Waals surface area contributed by atoms with Crippen LogP contribution in [-0.4, -0.2) is 9.24 Å². The van der Waals surface area contributed by atoms with Gasteiger partial charge in [0, 0.05) is 30.0 Å². The number of hydrogen-bond donors (Lipinski definition) is 1. The van der Waals surface area contributed by atoms with E-state index in [1.165, 1.54) is 34.4 Å². The molecule has 0 aliphatic rings. The van der Waals surface area contributed by atoms with Gasteiger partial charge in [-0.05, 0) is 38.1 Å². The van der Waals surface area contributed by atoms with Gasteiger partial charge in [0.25, 0.3) is 0 Å². The molecule has 0 saturated carbocycles. The van der Waals surface area contributed by atoms with Gasteiger partial charge in [0.2, 0.25) is 0 Å². The third-order valence-corrected chi connectivity index (χ3v) is 10.4. The van der Waals surface area contributed by atoms with Crippen molar-refractivity contribution in [2.24, 2.45) is 7.05 Å². The van der Waals surface area contributed by atoms with Crippen LogP contribution in [0.4, 0.5) is 0 Å². The molecule has 7 rings (SSSR count). The van der Waals surface area contributed by atoms with Gasteiger partial charge < -0.3 is 118 Å². The van der Waals surface area contributed by atoms with Crippen molar-refractivity contribution in [2.45, 2.75) is 96.9 Å². The SMILES string of the molecule is C[C-]=C(C)c1[c-]cccc1.C[C-]=C(C)c1[c-]cccc1.Cc1[c-]c(-c2[c-]cccc2)ccc1C.Cc1cc2ccccc2n1N.Cc1cccn1C.[CH-]=C(C)C(=[CH-])C.[CH-]=CC(C)=[C-]C.[CH-]=CC(C)=[C-]C.[V+2].[V+2].[V+2].[V+2].[V+2].[V+2]. The topological polar surface area (TPSA) is 35.9 Å². The minimum absolute atomic E-state index is 0. The molecular formula is C67H75N3V6. The second-order valence-corrected chi connectivity index (χ2v) is 15.8. The maximum absolute atomic E-state index is 5.75. The molecule has 0 atom stereocenters. The average Bonchev–Trinajstić information content (AvgIpc) is 3.92. The Kier molecular flexibility index (Phi) is 58.7. The van der Waals surface area contributed by atoms with E-state index in [9.17, 15) is 0 Å². The smallest absolute Gasteiger partial charge is 0.394 e. The van der Waals surface area contributed by atoms with Crippen LogP contribution in [0.2, 0.25) is 0 Å². The van der Waals surface area contributed by atoms with Crippen LogP contribution in [0, 0.1) is 103 Å². The molecule has 0 unspecified atom stereocenters. The van der Waals surface area contributed by atoms with Gasteiger partial charge in [-0.15, -0.1) is 98.6 Å². The molecule has 0 aliphatic carbocycles. The summed E-state index contributed by atoms with van der Waals surface area (Å²) in [5.41, 5.74) is 16.2. The van der Waals surface area contributed by atoms with E-state index in [4.69, 9.17) is 32.2 Å². The van der Waals surface area contributed by atoms with Crippen molar-refractivity contribution in [1.82, 2.24) is 9.24 Å². The van der Waals surface area contributed by atoms with Gasteiger partial charge in [0.05, 0.1) is 5.52 Å². The number of nitrogen functional groups attached to an aromatic ring is 1. The second kappa shape index (κ2) is 51.9. The maximum Gasteiger partial charge on any atom is 2.00 e. The third-order valence-electron chi connectivity index (χ3n) is 10.4. The molecular weight excluding hydrogens is 1150 g/mol. The summed E-state index contributed by atoms with van der Waals surface area (Å²) in [6, 6.07) is 55.1. The zero-order valence-electron chi connectivity index (χ0n) is 47.3. The Bertz CT molecular complexity index is 2620. The molecule has 0 saturated heterocycles. The molecule has 5 aromatic carbocycles. The van der Waals surface area contributed by atoms with Crippen LogP contribution < -0.4 is 5.84 Å². The first-order valence-electron chi connectivity index (χ1n) is 23.0. The Morgan fingerprint density at radius 2 is 0.947 bits per heavy atom. The van der Waals surface area contributed by atoms with Gasteiger partial charge >= 0.3 is 111 Å². The fourth-order valence-corrected chi connectivity index (χ4v) is 4.94. The Morgan fingerprint density at radius 3 is 1.24 bits per heavy atom. The zero-order chi connectivity index (χ0) is 53.0. The molecule has 0 amide bonds. The Balaban J connectivity index is -0.000000144. The largest absolute Gasteiger partial charge is 2.00 e. The molecule has 2 N–H and O–H groups in total. The van der Waals surface area contributed by atoms with Gasteiger partial charge in [0.1, 0.15) is 0 Å². The number of aryl methyl sites for hydroxylation is 5. The van der Waals surface area contributed by atoms with E-state index < -0.39 is 0 Å². The van der Waals surface area contributed by atoms with E-state index in [0.29, 0.717) is 11.1 Å². The monoisotopic (exact) mass is 1230 g/mol. The van der Waals surface area contributed by atoms with E-state index >= 15 is 0 Å². The first-order chi connectivity index (χ1) is 33.3. The van der Waals surface area contributed by atoms with Crippen molar-refractivity contribution in [3.8, 4) is 11.1 Å². The predicted octanol–water partition coefficient (Wildman–Crippen LogP) is 17.2. The molecule has 3 nitrogen and oxygen atoms in total. The van der Waals surface area contributed by atoms with Gasteiger partial charge in [-0.3, -0.25) is 4.68 Å². The standard InChI is InChI=1S/C14H12.2C10H10.C9H10N2.C6H9N.3C6H8.6V/c1-11-8-9-14(10-12(11)2)13-6-4-3-5-7-13;2*1-3-9(2)10-7-5-4-6-8-10;1-7-6-8-4-2-3-5-9(8)11(7)10;1-6-4-3-5-7(6)2;1-5(2)6(3)4;2*1-4-6(3)5-2;;;;;;/h3-6,8-9H,1-2H3;2*4-7H,1-2H3;2-6H,10H2,1H3;3-5H,1-2H3;1,3H,2,4H3;2*1,4H,2-3H3;;;;;;/q3*-2;;;3*-2;6*+2. The van der Waals surface area contributed by atoms with Crippen LogP contribution in [0.1, 0.15) is 103 Å². The quantitative estimate of drug-likeness (QED) is 0.101. The summed E-state index contributed by atoms with van der Waals surface area (Å²) in [7, 11) is 2.04. The van der Waals surface area contributed by atoms with Crippen LogP contribution in [-0.2, 0) is 118 Å². The van der Waals surface area contributed by atoms with Crippen LogP contribution in [0.5, 0.6) is 0 Å². The van der Waals surface area contributed by atoms with Crippen LogP contribution in [0.15, 0.2) is 168 Å². The van der Waals surface area contributed by atoms with Crippen LogP contribution >= 0.6 is 0 Å². The van der Waals surface area contributed by atoms with Crippen molar-refractivity contribution in [1.29, 1.82) is 0 Å². The normalized spacial score (nSPS) is 9.72. The minimum atomic E-state index is 0. The number of benzene rings is 5. The molecule has 2 aromatic heterocycles.